The molecule has 28 heavy (non-hydrogen) atoms. The second-order valence-corrected chi connectivity index (χ2v) is 6.18. The van der Waals surface area contributed by atoms with Gasteiger partial charge < -0.3 is 9.15 Å². The lowest BCUT2D eigenvalue weighted by Crippen LogP contribution is -2.22. The van der Waals surface area contributed by atoms with Crippen LogP contribution >= 0.6 is 0 Å². The fourth-order valence-corrected chi connectivity index (χ4v) is 2.79. The van der Waals surface area contributed by atoms with Gasteiger partial charge in [0.1, 0.15) is 18.6 Å². The van der Waals surface area contributed by atoms with Gasteiger partial charge in [0.2, 0.25) is 5.89 Å². The number of rotatable bonds is 6. The van der Waals surface area contributed by atoms with Crippen LogP contribution in [0.1, 0.15) is 12.1 Å². The smallest absolute Gasteiger partial charge is 0.307 e. The summed E-state index contributed by atoms with van der Waals surface area (Å²) in [6.07, 6.45) is 2.97. The number of nitrogens with zero attached hydrogens (tertiary/aromatic N) is 3. The molecule has 0 aliphatic rings. The van der Waals surface area contributed by atoms with Crippen molar-refractivity contribution in [1.82, 2.24) is 14.5 Å². The minimum Gasteiger partial charge on any atom is -0.459 e. The number of fused-ring (bicyclic) bond motifs is 1. The minimum absolute atomic E-state index is 0.0139. The van der Waals surface area contributed by atoms with Crippen molar-refractivity contribution in [2.75, 3.05) is 0 Å². The van der Waals surface area contributed by atoms with Gasteiger partial charge >= 0.3 is 5.97 Å². The van der Waals surface area contributed by atoms with Crippen LogP contribution in [0, 0.1) is 0 Å². The Bertz CT molecular complexity index is 1160. The zero-order chi connectivity index (χ0) is 19.3. The van der Waals surface area contributed by atoms with Crippen LogP contribution in [0.2, 0.25) is 0 Å². The summed E-state index contributed by atoms with van der Waals surface area (Å²) in [5.74, 6) is 0.0461. The Hall–Kier alpha value is -3.74. The summed E-state index contributed by atoms with van der Waals surface area (Å²) >= 11 is 0. The summed E-state index contributed by atoms with van der Waals surface area (Å²) in [6.45, 7) is 0.212. The number of carbonyl (C=O) groups excluding carboxylic acids is 1. The summed E-state index contributed by atoms with van der Waals surface area (Å²) in [5, 5.41) is 0.523. The third-order valence-corrected chi connectivity index (χ3v) is 4.24. The van der Waals surface area contributed by atoms with Crippen molar-refractivity contribution in [2.24, 2.45) is 0 Å². The van der Waals surface area contributed by atoms with Gasteiger partial charge in [0.25, 0.3) is 5.56 Å². The summed E-state index contributed by atoms with van der Waals surface area (Å²) in [4.78, 5) is 33.0. The molecule has 0 radical (unpaired) electrons. The maximum atomic E-state index is 12.4. The Morgan fingerprint density at radius 1 is 1.07 bits per heavy atom. The molecule has 0 unspecified atom stereocenters. The third-order valence-electron chi connectivity index (χ3n) is 4.24. The molecule has 0 amide bonds. The van der Waals surface area contributed by atoms with Crippen LogP contribution in [0.15, 0.2) is 76.4 Å². The van der Waals surface area contributed by atoms with E-state index in [1.54, 1.807) is 18.2 Å². The van der Waals surface area contributed by atoms with Gasteiger partial charge in [-0.2, -0.15) is 0 Å². The fraction of sp³-hybridized carbons (Fsp3) is 0.143. The lowest BCUT2D eigenvalue weighted by Gasteiger charge is -2.06. The predicted molar refractivity (Wildman–Crippen MR) is 102 cm³/mol. The highest BCUT2D eigenvalue weighted by Crippen LogP contribution is 2.18. The molecule has 0 aliphatic carbocycles. The van der Waals surface area contributed by atoms with Crippen LogP contribution < -0.4 is 5.56 Å². The van der Waals surface area contributed by atoms with Crippen LogP contribution in [0.25, 0.3) is 22.4 Å². The van der Waals surface area contributed by atoms with Crippen LogP contribution in [0.5, 0.6) is 0 Å². The van der Waals surface area contributed by atoms with Gasteiger partial charge in [-0.15, -0.1) is 0 Å². The number of hydrogen-bond acceptors (Lipinski definition) is 6. The largest absolute Gasteiger partial charge is 0.459 e. The topological polar surface area (TPSA) is 87.2 Å². The van der Waals surface area contributed by atoms with E-state index in [0.717, 1.165) is 5.56 Å². The molecule has 140 valence electrons. The van der Waals surface area contributed by atoms with E-state index >= 15 is 0 Å². The average molecular weight is 375 g/mol. The molecule has 2 aromatic carbocycles. The lowest BCUT2D eigenvalue weighted by atomic mass is 10.2. The highest BCUT2D eigenvalue weighted by atomic mass is 16.5. The quantitative estimate of drug-likeness (QED) is 0.481. The lowest BCUT2D eigenvalue weighted by molar-refractivity contribution is -0.145. The molecule has 0 saturated carbocycles. The number of carbonyl (C=O) groups is 1. The molecule has 0 atom stereocenters. The Kier molecular flexibility index (Phi) is 4.97. The first kappa shape index (κ1) is 17.7. The highest BCUT2D eigenvalue weighted by molar-refractivity contribution is 5.77. The first-order valence-corrected chi connectivity index (χ1v) is 8.80. The van der Waals surface area contributed by atoms with Crippen LogP contribution in [-0.4, -0.2) is 20.5 Å². The van der Waals surface area contributed by atoms with Gasteiger partial charge in [0.15, 0.2) is 0 Å². The number of para-hydroxylation sites is 1. The monoisotopic (exact) mass is 375 g/mol. The summed E-state index contributed by atoms with van der Waals surface area (Å²) in [7, 11) is 0. The molecule has 4 aromatic rings. The van der Waals surface area contributed by atoms with Gasteiger partial charge in [-0.05, 0) is 24.3 Å². The van der Waals surface area contributed by atoms with Crippen molar-refractivity contribution in [3.05, 3.63) is 83.2 Å². The Morgan fingerprint density at radius 2 is 1.86 bits per heavy atom. The molecular formula is C21H17N3O4. The van der Waals surface area contributed by atoms with Gasteiger partial charge in [0.05, 0.1) is 23.7 Å². The van der Waals surface area contributed by atoms with Gasteiger partial charge in [0, 0.05) is 12.1 Å². The number of aryl methyl sites for hydroxylation is 1. The molecule has 2 heterocycles. The summed E-state index contributed by atoms with van der Waals surface area (Å²) in [5.41, 5.74) is 1.83. The number of ether oxygens (including phenoxy) is 1. The van der Waals surface area contributed by atoms with E-state index in [0.29, 0.717) is 22.5 Å². The van der Waals surface area contributed by atoms with Gasteiger partial charge in [-0.3, -0.25) is 14.2 Å². The molecular weight excluding hydrogens is 358 g/mol. The van der Waals surface area contributed by atoms with Crippen LogP contribution in [-0.2, 0) is 22.7 Å². The van der Waals surface area contributed by atoms with Crippen molar-refractivity contribution in [3.63, 3.8) is 0 Å². The van der Waals surface area contributed by atoms with Gasteiger partial charge in [-0.25, -0.2) is 9.97 Å². The molecule has 2 aromatic heterocycles. The highest BCUT2D eigenvalue weighted by Gasteiger charge is 2.10. The first-order valence-electron chi connectivity index (χ1n) is 8.80. The number of hydrogen-bond donors (Lipinski definition) is 0. The zero-order valence-electron chi connectivity index (χ0n) is 14.9. The molecule has 7 nitrogen and oxygen atoms in total. The zero-order valence-corrected chi connectivity index (χ0v) is 14.9. The molecule has 4 rings (SSSR count). The van der Waals surface area contributed by atoms with Crippen molar-refractivity contribution in [2.45, 2.75) is 19.6 Å². The SMILES string of the molecule is O=C(CCn1cnc2ccccc2c1=O)OCc1coc(-c2ccccc2)n1. The van der Waals surface area contributed by atoms with Crippen LogP contribution in [0.3, 0.4) is 0 Å². The molecule has 0 N–H and O–H groups in total. The number of benzene rings is 2. The number of esters is 1. The maximum absolute atomic E-state index is 12.4. The number of oxazole rings is 1. The van der Waals surface area contributed by atoms with E-state index in [4.69, 9.17) is 9.15 Å². The van der Waals surface area contributed by atoms with Crippen molar-refractivity contribution < 1.29 is 13.9 Å². The summed E-state index contributed by atoms with van der Waals surface area (Å²) in [6, 6.07) is 16.6. The van der Waals surface area contributed by atoms with E-state index < -0.39 is 5.97 Å². The van der Waals surface area contributed by atoms with Crippen molar-refractivity contribution in [3.8, 4) is 11.5 Å². The fourth-order valence-electron chi connectivity index (χ4n) is 2.79. The Morgan fingerprint density at radius 3 is 2.71 bits per heavy atom. The molecule has 0 aliphatic heterocycles. The van der Waals surface area contributed by atoms with E-state index in [1.165, 1.54) is 17.2 Å². The molecule has 0 spiro atoms. The molecule has 0 bridgehead atoms. The van der Waals surface area contributed by atoms with E-state index in [2.05, 4.69) is 9.97 Å². The normalized spacial score (nSPS) is 10.9. The Labute approximate surface area is 160 Å². The second kappa shape index (κ2) is 7.87. The van der Waals surface area contributed by atoms with E-state index in [9.17, 15) is 9.59 Å². The predicted octanol–water partition coefficient (Wildman–Crippen LogP) is 3.19. The maximum Gasteiger partial charge on any atom is 0.307 e. The standard InChI is InChI=1S/C21H17N3O4/c25-19(10-11-24-14-22-18-9-5-4-8-17(18)21(24)26)27-12-16-13-28-20(23-16)15-6-2-1-3-7-15/h1-9,13-14H,10-12H2. The average Bonchev–Trinajstić information content (AvgIpc) is 3.22. The number of aromatic nitrogens is 3. The van der Waals surface area contributed by atoms with Crippen molar-refractivity contribution in [1.29, 1.82) is 0 Å². The Balaban J connectivity index is 1.34. The van der Waals surface area contributed by atoms with Crippen molar-refractivity contribution >= 4 is 16.9 Å². The first-order chi connectivity index (χ1) is 13.7. The molecule has 0 saturated heterocycles. The molecule has 0 fully saturated rings. The third kappa shape index (κ3) is 3.83. The van der Waals surface area contributed by atoms with Crippen LogP contribution in [0.4, 0.5) is 0 Å². The van der Waals surface area contributed by atoms with E-state index in [-0.39, 0.29) is 25.1 Å². The van der Waals surface area contributed by atoms with Gasteiger partial charge in [-0.1, -0.05) is 30.3 Å². The minimum atomic E-state index is -0.427. The van der Waals surface area contributed by atoms with E-state index in [1.807, 2.05) is 36.4 Å². The second-order valence-electron chi connectivity index (χ2n) is 6.18. The summed E-state index contributed by atoms with van der Waals surface area (Å²) < 4.78 is 12.1. The molecule has 7 heteroatoms.